The summed E-state index contributed by atoms with van der Waals surface area (Å²) >= 11 is 1.84. The first-order chi connectivity index (χ1) is 13.6. The third kappa shape index (κ3) is 7.98. The normalized spacial score (nSPS) is 18.3. The Labute approximate surface area is 174 Å². The maximum Gasteiger partial charge on any atom is 0.223 e. The zero-order valence-corrected chi connectivity index (χ0v) is 17.9. The van der Waals surface area contributed by atoms with Crippen LogP contribution in [0.5, 0.6) is 0 Å². The first-order valence-electron chi connectivity index (χ1n) is 10.6. The van der Waals surface area contributed by atoms with E-state index in [1.54, 1.807) is 0 Å². The van der Waals surface area contributed by atoms with E-state index in [0.717, 1.165) is 55.7 Å². The molecular formula is C23H35NO3S. The summed E-state index contributed by atoms with van der Waals surface area (Å²) < 4.78 is 0. The molecule has 1 aromatic rings. The van der Waals surface area contributed by atoms with Crippen LogP contribution in [0.2, 0.25) is 0 Å². The highest BCUT2D eigenvalue weighted by molar-refractivity contribution is 7.99. The molecule has 1 aliphatic rings. The maximum absolute atomic E-state index is 12.2. The van der Waals surface area contributed by atoms with Crippen LogP contribution in [0.25, 0.3) is 0 Å². The van der Waals surface area contributed by atoms with Crippen LogP contribution in [-0.4, -0.2) is 57.8 Å². The SMILES string of the molecule is CCCc1cccc(C[C@H](O)/C=C/[C@H]2CCC(=O)N2CCSCCCCO)c1. The van der Waals surface area contributed by atoms with Crippen molar-refractivity contribution in [1.29, 1.82) is 0 Å². The van der Waals surface area contributed by atoms with Gasteiger partial charge in [0, 0.05) is 31.7 Å². The molecule has 0 spiro atoms. The fourth-order valence-electron chi connectivity index (χ4n) is 3.59. The van der Waals surface area contributed by atoms with Crippen molar-refractivity contribution >= 4 is 17.7 Å². The number of aliphatic hydroxyl groups excluding tert-OH is 2. The van der Waals surface area contributed by atoms with E-state index >= 15 is 0 Å². The summed E-state index contributed by atoms with van der Waals surface area (Å²) in [6, 6.07) is 8.55. The van der Waals surface area contributed by atoms with Crippen LogP contribution in [0.4, 0.5) is 0 Å². The lowest BCUT2D eigenvalue weighted by Gasteiger charge is -2.22. The predicted molar refractivity (Wildman–Crippen MR) is 118 cm³/mol. The number of hydrogen-bond donors (Lipinski definition) is 2. The molecule has 2 rings (SSSR count). The average molecular weight is 406 g/mol. The van der Waals surface area contributed by atoms with Gasteiger partial charge in [-0.05, 0) is 42.6 Å². The molecule has 0 saturated carbocycles. The second-order valence-corrected chi connectivity index (χ2v) is 8.69. The van der Waals surface area contributed by atoms with Crippen molar-refractivity contribution in [3.63, 3.8) is 0 Å². The molecule has 0 aromatic heterocycles. The van der Waals surface area contributed by atoms with Crippen LogP contribution in [0.3, 0.4) is 0 Å². The summed E-state index contributed by atoms with van der Waals surface area (Å²) in [6.07, 6.45) is 9.44. The third-order valence-electron chi connectivity index (χ3n) is 5.08. The van der Waals surface area contributed by atoms with Crippen molar-refractivity contribution in [2.45, 2.75) is 64.0 Å². The number of amides is 1. The largest absolute Gasteiger partial charge is 0.396 e. The van der Waals surface area contributed by atoms with Gasteiger partial charge in [-0.1, -0.05) is 49.8 Å². The number of thioether (sulfide) groups is 1. The van der Waals surface area contributed by atoms with E-state index in [2.05, 4.69) is 31.2 Å². The van der Waals surface area contributed by atoms with E-state index in [1.165, 1.54) is 5.56 Å². The van der Waals surface area contributed by atoms with E-state index in [9.17, 15) is 9.90 Å². The molecule has 1 aromatic carbocycles. The van der Waals surface area contributed by atoms with Crippen molar-refractivity contribution in [3.8, 4) is 0 Å². The van der Waals surface area contributed by atoms with Crippen molar-refractivity contribution < 1.29 is 15.0 Å². The van der Waals surface area contributed by atoms with E-state index in [-0.39, 0.29) is 18.6 Å². The smallest absolute Gasteiger partial charge is 0.223 e. The molecule has 5 heteroatoms. The lowest BCUT2D eigenvalue weighted by molar-refractivity contribution is -0.128. The maximum atomic E-state index is 12.2. The van der Waals surface area contributed by atoms with E-state index in [1.807, 2.05) is 28.8 Å². The first-order valence-corrected chi connectivity index (χ1v) is 11.7. The van der Waals surface area contributed by atoms with Crippen LogP contribution in [0.15, 0.2) is 36.4 Å². The number of benzene rings is 1. The van der Waals surface area contributed by atoms with Crippen LogP contribution >= 0.6 is 11.8 Å². The van der Waals surface area contributed by atoms with Gasteiger partial charge >= 0.3 is 0 Å². The monoisotopic (exact) mass is 405 g/mol. The minimum Gasteiger partial charge on any atom is -0.396 e. The Hall–Kier alpha value is -1.30. The molecule has 0 aliphatic carbocycles. The van der Waals surface area contributed by atoms with Crippen LogP contribution in [0.1, 0.15) is 50.2 Å². The second kappa shape index (κ2) is 13.0. The highest BCUT2D eigenvalue weighted by atomic mass is 32.2. The first kappa shape index (κ1) is 23.0. The number of unbranched alkanes of at least 4 members (excludes halogenated alkanes) is 1. The van der Waals surface area contributed by atoms with Crippen LogP contribution in [-0.2, 0) is 17.6 Å². The van der Waals surface area contributed by atoms with Gasteiger partial charge in [0.25, 0.3) is 0 Å². The van der Waals surface area contributed by atoms with Gasteiger partial charge in [-0.25, -0.2) is 0 Å². The molecule has 1 fully saturated rings. The van der Waals surface area contributed by atoms with Gasteiger partial charge in [-0.15, -0.1) is 0 Å². The van der Waals surface area contributed by atoms with Gasteiger partial charge in [-0.3, -0.25) is 4.79 Å². The minimum absolute atomic E-state index is 0.103. The van der Waals surface area contributed by atoms with Crippen molar-refractivity contribution in [2.75, 3.05) is 24.7 Å². The molecule has 2 atom stereocenters. The zero-order chi connectivity index (χ0) is 20.2. The van der Waals surface area contributed by atoms with Crippen LogP contribution in [0, 0.1) is 0 Å². The molecule has 1 amide bonds. The summed E-state index contributed by atoms with van der Waals surface area (Å²) in [5.74, 6) is 2.17. The third-order valence-corrected chi connectivity index (χ3v) is 6.13. The van der Waals surface area contributed by atoms with Gasteiger partial charge in [0.2, 0.25) is 5.91 Å². The minimum atomic E-state index is -0.526. The number of aliphatic hydroxyl groups is 2. The number of carbonyl (C=O) groups is 1. The van der Waals surface area contributed by atoms with Gasteiger partial charge in [0.1, 0.15) is 0 Å². The molecule has 2 N–H and O–H groups in total. The van der Waals surface area contributed by atoms with Crippen LogP contribution < -0.4 is 0 Å². The molecule has 28 heavy (non-hydrogen) atoms. The molecule has 156 valence electrons. The van der Waals surface area contributed by atoms with Crippen molar-refractivity contribution in [3.05, 3.63) is 47.5 Å². The fraction of sp³-hybridized carbons (Fsp3) is 0.609. The Morgan fingerprint density at radius 3 is 2.89 bits per heavy atom. The molecule has 0 bridgehead atoms. The highest BCUT2D eigenvalue weighted by Gasteiger charge is 2.28. The van der Waals surface area contributed by atoms with Crippen molar-refractivity contribution in [2.24, 2.45) is 0 Å². The van der Waals surface area contributed by atoms with Gasteiger partial charge in [0.05, 0.1) is 12.1 Å². The molecule has 1 saturated heterocycles. The van der Waals surface area contributed by atoms with Crippen molar-refractivity contribution in [1.82, 2.24) is 4.90 Å². The quantitative estimate of drug-likeness (QED) is 0.389. The van der Waals surface area contributed by atoms with E-state index in [0.29, 0.717) is 12.8 Å². The highest BCUT2D eigenvalue weighted by Crippen LogP contribution is 2.21. The molecule has 1 aliphatic heterocycles. The summed E-state index contributed by atoms with van der Waals surface area (Å²) in [6.45, 7) is 3.18. The Bertz CT molecular complexity index is 620. The predicted octanol–water partition coefficient (Wildman–Crippen LogP) is 3.60. The Morgan fingerprint density at radius 1 is 1.29 bits per heavy atom. The zero-order valence-electron chi connectivity index (χ0n) is 17.1. The van der Waals surface area contributed by atoms with Gasteiger partial charge < -0.3 is 15.1 Å². The Morgan fingerprint density at radius 2 is 2.11 bits per heavy atom. The van der Waals surface area contributed by atoms with Gasteiger partial charge in [0.15, 0.2) is 0 Å². The molecule has 0 radical (unpaired) electrons. The lowest BCUT2D eigenvalue weighted by atomic mass is 10.0. The number of aryl methyl sites for hydroxylation is 1. The summed E-state index contributed by atoms with van der Waals surface area (Å²) in [7, 11) is 0. The molecule has 0 unspecified atom stereocenters. The number of hydrogen-bond acceptors (Lipinski definition) is 4. The Balaban J connectivity index is 1.80. The average Bonchev–Trinajstić information content (AvgIpc) is 3.03. The lowest BCUT2D eigenvalue weighted by Crippen LogP contribution is -2.34. The topological polar surface area (TPSA) is 60.8 Å². The summed E-state index contributed by atoms with van der Waals surface area (Å²) in [5.41, 5.74) is 2.47. The van der Waals surface area contributed by atoms with E-state index in [4.69, 9.17) is 5.11 Å². The molecule has 4 nitrogen and oxygen atoms in total. The molecule has 1 heterocycles. The standard InChI is InChI=1S/C23H35NO3S/c1-2-6-19-7-5-8-20(17-19)18-22(26)11-9-21-10-12-23(27)24(21)13-16-28-15-4-3-14-25/h5,7-9,11,17,21-22,25-26H,2-4,6,10,12-16,18H2,1H3/b11-9+/t21-,22+/m0/s1. The Kier molecular flexibility index (Phi) is 10.7. The second-order valence-electron chi connectivity index (χ2n) is 7.46. The number of carbonyl (C=O) groups excluding carboxylic acids is 1. The summed E-state index contributed by atoms with van der Waals surface area (Å²) in [4.78, 5) is 14.1. The van der Waals surface area contributed by atoms with Gasteiger partial charge in [-0.2, -0.15) is 11.8 Å². The van der Waals surface area contributed by atoms with E-state index < -0.39 is 6.10 Å². The molecular weight excluding hydrogens is 370 g/mol. The number of likely N-dealkylation sites (tertiary alicyclic amines) is 1. The number of nitrogens with zero attached hydrogens (tertiary/aromatic N) is 1. The number of rotatable bonds is 13. The summed E-state index contributed by atoms with van der Waals surface area (Å²) in [5, 5.41) is 19.2. The fourth-order valence-corrected chi connectivity index (χ4v) is 4.53.